The Balaban J connectivity index is 1.34. The van der Waals surface area contributed by atoms with Gasteiger partial charge in [-0.05, 0) is 25.0 Å². The van der Waals surface area contributed by atoms with Crippen molar-refractivity contribution >= 4 is 22.8 Å². The quantitative estimate of drug-likeness (QED) is 0.351. The summed E-state index contributed by atoms with van der Waals surface area (Å²) in [5.41, 5.74) is 15.6. The molecule has 0 aliphatic carbocycles. The molecule has 1 aliphatic rings. The fraction of sp³-hybridized carbons (Fsp3) is 0.200. The van der Waals surface area contributed by atoms with E-state index in [1.54, 1.807) is 17.8 Å². The maximum Gasteiger partial charge on any atom is 0.270 e. The van der Waals surface area contributed by atoms with Crippen molar-refractivity contribution in [2.24, 2.45) is 7.05 Å². The monoisotopic (exact) mass is 455 g/mol. The lowest BCUT2D eigenvalue weighted by Crippen LogP contribution is -2.50. The molecule has 3 heterocycles. The van der Waals surface area contributed by atoms with E-state index in [1.807, 2.05) is 67.6 Å². The van der Waals surface area contributed by atoms with Crippen LogP contribution in [-0.4, -0.2) is 32.6 Å². The zero-order valence-electron chi connectivity index (χ0n) is 18.9. The number of fused-ring (bicyclic) bond motifs is 1. The summed E-state index contributed by atoms with van der Waals surface area (Å²) in [5.74, 6) is -0.754. The lowest BCUT2D eigenvalue weighted by atomic mass is 10.0. The third kappa shape index (κ3) is 4.14. The molecule has 172 valence electrons. The molecule has 4 aromatic rings. The second-order valence-corrected chi connectivity index (χ2v) is 8.31. The SMILES string of the molecule is Cc1nn(C)c2nc(-c3ccccc3)cc(C(=O)NNC(=O)C3CC(c4ccccc4)NN3)c12. The van der Waals surface area contributed by atoms with Crippen LogP contribution >= 0.6 is 0 Å². The molecule has 9 heteroatoms. The number of carbonyl (C=O) groups excluding carboxylic acids is 2. The van der Waals surface area contributed by atoms with Crippen molar-refractivity contribution < 1.29 is 9.59 Å². The van der Waals surface area contributed by atoms with Crippen molar-refractivity contribution in [2.45, 2.75) is 25.4 Å². The van der Waals surface area contributed by atoms with Crippen molar-refractivity contribution in [3.05, 3.63) is 83.6 Å². The van der Waals surface area contributed by atoms with E-state index < -0.39 is 11.9 Å². The maximum atomic E-state index is 13.2. The summed E-state index contributed by atoms with van der Waals surface area (Å²) in [7, 11) is 1.79. The predicted octanol–water partition coefficient (Wildman–Crippen LogP) is 2.31. The van der Waals surface area contributed by atoms with E-state index in [2.05, 4.69) is 26.8 Å². The Morgan fingerprint density at radius 3 is 2.44 bits per heavy atom. The first-order chi connectivity index (χ1) is 16.5. The van der Waals surface area contributed by atoms with Gasteiger partial charge in [0.2, 0.25) is 0 Å². The van der Waals surface area contributed by atoms with Gasteiger partial charge in [-0.25, -0.2) is 15.8 Å². The normalized spacial score (nSPS) is 17.6. The summed E-state index contributed by atoms with van der Waals surface area (Å²) >= 11 is 0. The molecule has 9 nitrogen and oxygen atoms in total. The third-order valence-corrected chi connectivity index (χ3v) is 6.00. The average molecular weight is 456 g/mol. The van der Waals surface area contributed by atoms with Crippen molar-refractivity contribution in [1.82, 2.24) is 36.5 Å². The summed E-state index contributed by atoms with van der Waals surface area (Å²) in [6.07, 6.45) is 0.561. The van der Waals surface area contributed by atoms with Gasteiger partial charge in [-0.3, -0.25) is 25.1 Å². The molecule has 0 saturated carbocycles. The number of aromatic nitrogens is 3. The number of pyridine rings is 1. The summed E-state index contributed by atoms with van der Waals surface area (Å²) in [4.78, 5) is 30.6. The van der Waals surface area contributed by atoms with Gasteiger partial charge in [0.05, 0.1) is 22.3 Å². The number of hydrogen-bond donors (Lipinski definition) is 4. The first-order valence-electron chi connectivity index (χ1n) is 11.1. The number of nitrogens with zero attached hydrogens (tertiary/aromatic N) is 3. The van der Waals surface area contributed by atoms with Gasteiger partial charge < -0.3 is 0 Å². The molecule has 4 N–H and O–H groups in total. The molecule has 5 rings (SSSR count). The Morgan fingerprint density at radius 2 is 1.71 bits per heavy atom. The highest BCUT2D eigenvalue weighted by atomic mass is 16.2. The zero-order valence-corrected chi connectivity index (χ0v) is 18.9. The van der Waals surface area contributed by atoms with Gasteiger partial charge in [-0.15, -0.1) is 0 Å². The fourth-order valence-corrected chi connectivity index (χ4v) is 4.29. The van der Waals surface area contributed by atoms with E-state index in [9.17, 15) is 9.59 Å². The number of hydrogen-bond acceptors (Lipinski definition) is 6. The van der Waals surface area contributed by atoms with Gasteiger partial charge in [0.15, 0.2) is 5.65 Å². The van der Waals surface area contributed by atoms with E-state index in [1.165, 1.54) is 0 Å². The molecule has 0 bridgehead atoms. The van der Waals surface area contributed by atoms with E-state index in [0.29, 0.717) is 34.4 Å². The Bertz CT molecular complexity index is 1350. The highest BCUT2D eigenvalue weighted by molar-refractivity contribution is 6.08. The minimum absolute atomic E-state index is 0.0129. The number of hydrazine groups is 2. The van der Waals surface area contributed by atoms with Crippen molar-refractivity contribution in [1.29, 1.82) is 0 Å². The van der Waals surface area contributed by atoms with Gasteiger partial charge in [0, 0.05) is 18.7 Å². The van der Waals surface area contributed by atoms with Gasteiger partial charge in [0.25, 0.3) is 11.8 Å². The van der Waals surface area contributed by atoms with E-state index in [-0.39, 0.29) is 11.9 Å². The highest BCUT2D eigenvalue weighted by Gasteiger charge is 2.30. The average Bonchev–Trinajstić information content (AvgIpc) is 3.48. The van der Waals surface area contributed by atoms with Crippen LogP contribution in [0, 0.1) is 6.92 Å². The molecule has 0 spiro atoms. The van der Waals surface area contributed by atoms with Crippen LogP contribution in [-0.2, 0) is 11.8 Å². The van der Waals surface area contributed by atoms with E-state index in [4.69, 9.17) is 4.98 Å². The molecule has 0 radical (unpaired) electrons. The van der Waals surface area contributed by atoms with Crippen LogP contribution in [0.4, 0.5) is 0 Å². The number of benzene rings is 2. The number of nitrogens with one attached hydrogen (secondary N) is 4. The van der Waals surface area contributed by atoms with Crippen molar-refractivity contribution in [3.8, 4) is 11.3 Å². The lowest BCUT2D eigenvalue weighted by Gasteiger charge is -2.13. The first-order valence-corrected chi connectivity index (χ1v) is 11.1. The Hall–Kier alpha value is -4.08. The van der Waals surface area contributed by atoms with Gasteiger partial charge >= 0.3 is 0 Å². The lowest BCUT2D eigenvalue weighted by molar-refractivity contribution is -0.123. The largest absolute Gasteiger partial charge is 0.271 e. The van der Waals surface area contributed by atoms with E-state index in [0.717, 1.165) is 11.1 Å². The topological polar surface area (TPSA) is 113 Å². The van der Waals surface area contributed by atoms with Crippen LogP contribution in [0.2, 0.25) is 0 Å². The molecule has 1 aliphatic heterocycles. The summed E-state index contributed by atoms with van der Waals surface area (Å²) in [6, 6.07) is 20.8. The minimum atomic E-state index is -0.483. The van der Waals surface area contributed by atoms with Crippen LogP contribution in [0.1, 0.15) is 34.1 Å². The standard InChI is InChI=1S/C25H25N7O2/c1-15-22-18(13-19(16-9-5-3-6-10-16)26-23(22)32(2)31-15)24(33)29-30-25(34)21-14-20(27-28-21)17-11-7-4-8-12-17/h3-13,20-21,27-28H,14H2,1-2H3,(H,29,33)(H,30,34). The number of aryl methyl sites for hydroxylation is 2. The van der Waals surface area contributed by atoms with Gasteiger partial charge in [-0.1, -0.05) is 60.7 Å². The van der Waals surface area contributed by atoms with Crippen LogP contribution in [0.15, 0.2) is 66.7 Å². The highest BCUT2D eigenvalue weighted by Crippen LogP contribution is 2.27. The second-order valence-electron chi connectivity index (χ2n) is 8.31. The smallest absolute Gasteiger partial charge is 0.270 e. The molecule has 2 atom stereocenters. The van der Waals surface area contributed by atoms with Crippen LogP contribution in [0.25, 0.3) is 22.3 Å². The maximum absolute atomic E-state index is 13.2. The molecular weight excluding hydrogens is 430 g/mol. The van der Waals surface area contributed by atoms with Gasteiger partial charge in [0.1, 0.15) is 6.04 Å². The molecule has 34 heavy (non-hydrogen) atoms. The van der Waals surface area contributed by atoms with E-state index >= 15 is 0 Å². The molecule has 1 saturated heterocycles. The molecule has 2 aromatic heterocycles. The molecular formula is C25H25N7O2. The zero-order chi connectivity index (χ0) is 23.7. The molecule has 1 fully saturated rings. The number of amides is 2. The summed E-state index contributed by atoms with van der Waals surface area (Å²) < 4.78 is 1.66. The van der Waals surface area contributed by atoms with Crippen LogP contribution in [0.3, 0.4) is 0 Å². The number of carbonyl (C=O) groups is 2. The Labute approximate surface area is 196 Å². The second kappa shape index (κ2) is 9.05. The number of rotatable bonds is 4. The summed E-state index contributed by atoms with van der Waals surface area (Å²) in [5, 5.41) is 5.08. The Kier molecular flexibility index (Phi) is 5.79. The first kappa shape index (κ1) is 21.7. The van der Waals surface area contributed by atoms with Gasteiger partial charge in [-0.2, -0.15) is 5.10 Å². The Morgan fingerprint density at radius 1 is 1.00 bits per heavy atom. The minimum Gasteiger partial charge on any atom is -0.271 e. The van der Waals surface area contributed by atoms with Crippen molar-refractivity contribution in [3.63, 3.8) is 0 Å². The third-order valence-electron chi connectivity index (χ3n) is 6.00. The van der Waals surface area contributed by atoms with Crippen LogP contribution < -0.4 is 21.7 Å². The van der Waals surface area contributed by atoms with Crippen LogP contribution in [0.5, 0.6) is 0 Å². The molecule has 2 amide bonds. The molecule has 2 aromatic carbocycles. The fourth-order valence-electron chi connectivity index (χ4n) is 4.29. The predicted molar refractivity (Wildman–Crippen MR) is 128 cm³/mol. The summed E-state index contributed by atoms with van der Waals surface area (Å²) in [6.45, 7) is 1.83. The van der Waals surface area contributed by atoms with Crippen molar-refractivity contribution in [2.75, 3.05) is 0 Å². The molecule has 2 unspecified atom stereocenters.